The molecule has 0 radical (unpaired) electrons. The van der Waals surface area contributed by atoms with Gasteiger partial charge in [-0.25, -0.2) is 4.79 Å². The molecule has 0 aromatic rings. The molecule has 0 N–H and O–H groups in total. The zero-order valence-electron chi connectivity index (χ0n) is 21.7. The number of carbonyl (C=O) groups excluding carboxylic acids is 1. The van der Waals surface area contributed by atoms with Gasteiger partial charge < -0.3 is 4.74 Å². The summed E-state index contributed by atoms with van der Waals surface area (Å²) in [4.78, 5) is 12.4. The third kappa shape index (κ3) is 3.44. The molecule has 4 aliphatic carbocycles. The minimum atomic E-state index is -0.00187. The predicted molar refractivity (Wildman–Crippen MR) is 131 cm³/mol. The Bertz CT molecular complexity index is 780. The van der Waals surface area contributed by atoms with Crippen LogP contribution in [0.3, 0.4) is 0 Å². The van der Waals surface area contributed by atoms with E-state index in [1.54, 1.807) is 0 Å². The number of fused-ring (bicyclic) bond motifs is 5. The second-order valence-corrected chi connectivity index (χ2v) is 13.6. The molecule has 5 aliphatic rings. The van der Waals surface area contributed by atoms with Crippen molar-refractivity contribution in [2.75, 3.05) is 0 Å². The second kappa shape index (κ2) is 8.16. The third-order valence-corrected chi connectivity index (χ3v) is 11.7. The predicted octanol–water partition coefficient (Wildman–Crippen LogP) is 7.96. The van der Waals surface area contributed by atoms with Crippen molar-refractivity contribution in [3.05, 3.63) is 11.1 Å². The maximum Gasteiger partial charge on any atom is 0.334 e. The molecule has 1 heterocycles. The Morgan fingerprint density at radius 2 is 1.72 bits per heavy atom. The molecular weight excluding hydrogens is 392 g/mol. The van der Waals surface area contributed by atoms with Crippen molar-refractivity contribution in [1.82, 2.24) is 0 Å². The molecule has 2 heteroatoms. The SMILES string of the molecule is CC(C)CCC[C@@H](C)[C@H]1CC[C@H]2[C@@H]3CC[C@H]4CC5=C(C[C@]4(C)[C@H]3CC[C@]12C)C(C)OC5=O. The van der Waals surface area contributed by atoms with Gasteiger partial charge in [-0.1, -0.05) is 53.9 Å². The molecule has 0 amide bonds. The van der Waals surface area contributed by atoms with Crippen LogP contribution in [0.25, 0.3) is 0 Å². The molecule has 0 saturated heterocycles. The Kier molecular flexibility index (Phi) is 5.86. The number of hydrogen-bond donors (Lipinski definition) is 0. The minimum absolute atomic E-state index is 0.00187. The standard InChI is InChI=1S/C30H48O2/c1-18(2)8-7-9-19(3)25-12-13-26-22-11-10-21-16-23-24(20(4)32-28(23)31)17-30(21,6)27(22)14-15-29(25,26)5/h18-22,25-27H,7-17H2,1-6H3/t19-,20?,21+,22+,25-,26+,27+,29-,30+/m1/s1. The summed E-state index contributed by atoms with van der Waals surface area (Å²) in [6.07, 6.45) is 14.9. The lowest BCUT2D eigenvalue weighted by atomic mass is 9.44. The Balaban J connectivity index is 1.33. The van der Waals surface area contributed by atoms with Crippen molar-refractivity contribution in [2.24, 2.45) is 52.3 Å². The van der Waals surface area contributed by atoms with E-state index in [2.05, 4.69) is 41.5 Å². The number of esters is 1. The lowest BCUT2D eigenvalue weighted by molar-refractivity contribution is -0.139. The molecule has 0 bridgehead atoms. The van der Waals surface area contributed by atoms with Crippen molar-refractivity contribution in [1.29, 1.82) is 0 Å². The van der Waals surface area contributed by atoms with E-state index in [4.69, 9.17) is 4.74 Å². The third-order valence-electron chi connectivity index (χ3n) is 11.7. The van der Waals surface area contributed by atoms with Gasteiger partial charge in [0, 0.05) is 5.57 Å². The summed E-state index contributed by atoms with van der Waals surface area (Å²) in [5.41, 5.74) is 3.38. The lowest BCUT2D eigenvalue weighted by Crippen LogP contribution is -2.53. The fraction of sp³-hybridized carbons (Fsp3) is 0.900. The molecule has 180 valence electrons. The zero-order chi connectivity index (χ0) is 22.8. The summed E-state index contributed by atoms with van der Waals surface area (Å²) >= 11 is 0. The van der Waals surface area contributed by atoms with E-state index in [-0.39, 0.29) is 12.1 Å². The quantitative estimate of drug-likeness (QED) is 0.405. The van der Waals surface area contributed by atoms with Crippen LogP contribution >= 0.6 is 0 Å². The largest absolute Gasteiger partial charge is 0.455 e. The van der Waals surface area contributed by atoms with E-state index in [9.17, 15) is 4.79 Å². The van der Waals surface area contributed by atoms with Crippen LogP contribution in [0.5, 0.6) is 0 Å². The molecule has 0 aromatic carbocycles. The Morgan fingerprint density at radius 1 is 0.969 bits per heavy atom. The molecule has 32 heavy (non-hydrogen) atoms. The minimum Gasteiger partial charge on any atom is -0.455 e. The fourth-order valence-corrected chi connectivity index (χ4v) is 9.97. The first-order valence-corrected chi connectivity index (χ1v) is 14.1. The maximum absolute atomic E-state index is 12.4. The Hall–Kier alpha value is -0.790. The molecule has 0 spiro atoms. The molecular formula is C30H48O2. The summed E-state index contributed by atoms with van der Waals surface area (Å²) in [7, 11) is 0. The Morgan fingerprint density at radius 3 is 2.47 bits per heavy atom. The van der Waals surface area contributed by atoms with E-state index in [0.717, 1.165) is 53.9 Å². The van der Waals surface area contributed by atoms with Gasteiger partial charge >= 0.3 is 5.97 Å². The van der Waals surface area contributed by atoms with Crippen molar-refractivity contribution in [2.45, 2.75) is 118 Å². The first-order chi connectivity index (χ1) is 15.1. The fourth-order valence-electron chi connectivity index (χ4n) is 9.97. The van der Waals surface area contributed by atoms with Crippen molar-refractivity contribution >= 4 is 5.97 Å². The molecule has 1 aliphatic heterocycles. The lowest BCUT2D eigenvalue weighted by Gasteiger charge is -2.60. The first-order valence-electron chi connectivity index (χ1n) is 14.1. The summed E-state index contributed by atoms with van der Waals surface area (Å²) in [5, 5.41) is 0. The van der Waals surface area contributed by atoms with Gasteiger partial charge in [-0.2, -0.15) is 0 Å². The van der Waals surface area contributed by atoms with Crippen LogP contribution in [0.2, 0.25) is 0 Å². The molecule has 2 nitrogen and oxygen atoms in total. The number of rotatable bonds is 5. The normalized spacial score (nSPS) is 46.4. The second-order valence-electron chi connectivity index (χ2n) is 13.6. The van der Waals surface area contributed by atoms with Gasteiger partial charge in [0.2, 0.25) is 0 Å². The topological polar surface area (TPSA) is 26.3 Å². The van der Waals surface area contributed by atoms with Crippen LogP contribution in [-0.4, -0.2) is 12.1 Å². The van der Waals surface area contributed by atoms with Crippen LogP contribution in [-0.2, 0) is 9.53 Å². The summed E-state index contributed by atoms with van der Waals surface area (Å²) in [6, 6.07) is 0. The van der Waals surface area contributed by atoms with Crippen molar-refractivity contribution in [3.8, 4) is 0 Å². The van der Waals surface area contributed by atoms with Gasteiger partial charge in [-0.3, -0.25) is 0 Å². The summed E-state index contributed by atoms with van der Waals surface area (Å²) < 4.78 is 5.65. The van der Waals surface area contributed by atoms with E-state index in [1.807, 2.05) is 0 Å². The van der Waals surface area contributed by atoms with Gasteiger partial charge in [0.05, 0.1) is 0 Å². The zero-order valence-corrected chi connectivity index (χ0v) is 21.7. The van der Waals surface area contributed by atoms with Crippen LogP contribution in [0, 0.1) is 52.3 Å². The molecule has 3 fully saturated rings. The number of hydrogen-bond acceptors (Lipinski definition) is 2. The van der Waals surface area contributed by atoms with Crippen LogP contribution in [0.1, 0.15) is 112 Å². The number of carbonyl (C=O) groups is 1. The van der Waals surface area contributed by atoms with Crippen LogP contribution in [0.15, 0.2) is 11.1 Å². The van der Waals surface area contributed by atoms with Gasteiger partial charge in [-0.15, -0.1) is 0 Å². The van der Waals surface area contributed by atoms with Gasteiger partial charge in [0.1, 0.15) is 6.10 Å². The number of ether oxygens (including phenoxy) is 1. The molecule has 1 unspecified atom stereocenters. The summed E-state index contributed by atoms with van der Waals surface area (Å²) in [6.45, 7) is 14.7. The van der Waals surface area contributed by atoms with Crippen LogP contribution in [0.4, 0.5) is 0 Å². The highest BCUT2D eigenvalue weighted by Crippen LogP contribution is 2.69. The first kappa shape index (κ1) is 23.0. The smallest absolute Gasteiger partial charge is 0.334 e. The van der Waals surface area contributed by atoms with Crippen molar-refractivity contribution in [3.63, 3.8) is 0 Å². The average Bonchev–Trinajstić information content (AvgIpc) is 3.21. The van der Waals surface area contributed by atoms with E-state index >= 15 is 0 Å². The van der Waals surface area contributed by atoms with E-state index < -0.39 is 0 Å². The molecule has 5 rings (SSSR count). The van der Waals surface area contributed by atoms with E-state index in [1.165, 1.54) is 63.4 Å². The Labute approximate surface area is 197 Å². The van der Waals surface area contributed by atoms with Crippen molar-refractivity contribution < 1.29 is 9.53 Å². The molecule has 9 atom stereocenters. The van der Waals surface area contributed by atoms with Crippen LogP contribution < -0.4 is 0 Å². The number of cyclic esters (lactones) is 1. The summed E-state index contributed by atoms with van der Waals surface area (Å²) in [5.74, 6) is 6.06. The highest BCUT2D eigenvalue weighted by Gasteiger charge is 2.61. The van der Waals surface area contributed by atoms with Gasteiger partial charge in [-0.05, 0) is 116 Å². The maximum atomic E-state index is 12.4. The van der Waals surface area contributed by atoms with Gasteiger partial charge in [0.25, 0.3) is 0 Å². The highest BCUT2D eigenvalue weighted by molar-refractivity contribution is 5.92. The van der Waals surface area contributed by atoms with E-state index in [0.29, 0.717) is 16.7 Å². The monoisotopic (exact) mass is 440 g/mol. The molecule has 3 saturated carbocycles. The average molecular weight is 441 g/mol. The molecule has 0 aromatic heterocycles. The van der Waals surface area contributed by atoms with Gasteiger partial charge in [0.15, 0.2) is 0 Å². The highest BCUT2D eigenvalue weighted by atomic mass is 16.5.